The molecule has 0 heterocycles. The van der Waals surface area contributed by atoms with E-state index in [0.717, 1.165) is 12.8 Å². The molecule has 4 heteroatoms. The van der Waals surface area contributed by atoms with Gasteiger partial charge in [-0.3, -0.25) is 0 Å². The quantitative estimate of drug-likeness (QED) is 0.691. The van der Waals surface area contributed by atoms with E-state index in [0.29, 0.717) is 0 Å². The Morgan fingerprint density at radius 2 is 1.86 bits per heavy atom. The molecular formula is C10H20O4. The number of hydrogen-bond donors (Lipinski definition) is 1. The third-order valence-corrected chi connectivity index (χ3v) is 2.50. The van der Waals surface area contributed by atoms with E-state index in [1.165, 1.54) is 26.4 Å². The summed E-state index contributed by atoms with van der Waals surface area (Å²) in [5, 5.41) is 9.38. The average molecular weight is 204 g/mol. The fraction of sp³-hybridized carbons (Fsp3) is 1.00. The molecule has 0 aromatic rings. The minimum absolute atomic E-state index is 0.141. The molecule has 1 aliphatic carbocycles. The van der Waals surface area contributed by atoms with Gasteiger partial charge < -0.3 is 19.3 Å². The van der Waals surface area contributed by atoms with Crippen LogP contribution in [-0.2, 0) is 14.2 Å². The van der Waals surface area contributed by atoms with E-state index >= 15 is 0 Å². The van der Waals surface area contributed by atoms with Gasteiger partial charge in [-0.2, -0.15) is 0 Å². The van der Waals surface area contributed by atoms with E-state index in [1.807, 2.05) is 0 Å². The Hall–Kier alpha value is -0.160. The number of rotatable bonds is 5. The molecule has 1 fully saturated rings. The molecule has 2 unspecified atom stereocenters. The molecule has 0 saturated heterocycles. The van der Waals surface area contributed by atoms with Crippen LogP contribution in [0.2, 0.25) is 0 Å². The molecule has 84 valence electrons. The highest BCUT2D eigenvalue weighted by Crippen LogP contribution is 2.21. The maximum absolute atomic E-state index is 9.38. The van der Waals surface area contributed by atoms with Crippen LogP contribution in [0, 0.1) is 0 Å². The van der Waals surface area contributed by atoms with Gasteiger partial charge in [-0.1, -0.05) is 19.3 Å². The molecule has 0 spiro atoms. The smallest absolute Gasteiger partial charge is 0.271 e. The maximum Gasteiger partial charge on any atom is 0.271 e. The summed E-state index contributed by atoms with van der Waals surface area (Å²) in [6.45, 7) is 0.557. The van der Waals surface area contributed by atoms with Gasteiger partial charge in [0, 0.05) is 7.11 Å². The van der Waals surface area contributed by atoms with E-state index in [2.05, 4.69) is 0 Å². The highest BCUT2D eigenvalue weighted by atomic mass is 16.8. The lowest BCUT2D eigenvalue weighted by molar-refractivity contribution is -0.330. The van der Waals surface area contributed by atoms with Crippen molar-refractivity contribution in [1.29, 1.82) is 0 Å². The summed E-state index contributed by atoms with van der Waals surface area (Å²) in [4.78, 5) is 0. The van der Waals surface area contributed by atoms with Crippen molar-refractivity contribution >= 4 is 0 Å². The normalized spacial score (nSPS) is 23.4. The zero-order valence-corrected chi connectivity index (χ0v) is 8.94. The second-order valence-corrected chi connectivity index (χ2v) is 3.64. The molecule has 1 rings (SSSR count). The summed E-state index contributed by atoms with van der Waals surface area (Å²) in [7, 11) is 1.53. The Bertz CT molecular complexity index is 145. The van der Waals surface area contributed by atoms with Crippen molar-refractivity contribution in [2.45, 2.75) is 57.9 Å². The molecule has 0 aromatic carbocycles. The van der Waals surface area contributed by atoms with Gasteiger partial charge in [0.2, 0.25) is 0 Å². The molecule has 4 nitrogen and oxygen atoms in total. The molecule has 0 bridgehead atoms. The summed E-state index contributed by atoms with van der Waals surface area (Å²) in [6.07, 6.45) is 5.36. The molecule has 2 atom stereocenters. The average Bonchev–Trinajstić information content (AvgIpc) is 2.19. The van der Waals surface area contributed by atoms with Gasteiger partial charge in [0.1, 0.15) is 0 Å². The first-order chi connectivity index (χ1) is 6.72. The van der Waals surface area contributed by atoms with Crippen molar-refractivity contribution in [3.05, 3.63) is 0 Å². The van der Waals surface area contributed by atoms with Crippen LogP contribution in [-0.4, -0.2) is 31.1 Å². The molecule has 1 saturated carbocycles. The Balaban J connectivity index is 2.14. The van der Waals surface area contributed by atoms with Crippen molar-refractivity contribution in [3.8, 4) is 0 Å². The second kappa shape index (κ2) is 6.35. The van der Waals surface area contributed by atoms with Gasteiger partial charge >= 0.3 is 0 Å². The molecule has 0 aliphatic heterocycles. The van der Waals surface area contributed by atoms with Gasteiger partial charge in [0.25, 0.3) is 6.48 Å². The molecule has 1 aliphatic rings. The van der Waals surface area contributed by atoms with Crippen molar-refractivity contribution in [2.75, 3.05) is 7.11 Å². The highest BCUT2D eigenvalue weighted by Gasteiger charge is 2.19. The van der Waals surface area contributed by atoms with Crippen LogP contribution in [0.3, 0.4) is 0 Å². The van der Waals surface area contributed by atoms with Crippen LogP contribution < -0.4 is 0 Å². The fourth-order valence-corrected chi connectivity index (χ4v) is 1.62. The second-order valence-electron chi connectivity index (χ2n) is 3.64. The number of aliphatic hydroxyl groups excluding tert-OH is 1. The standard InChI is InChI=1S/C10H20O4/c1-8(12-2)13-10(11)14-9-6-4-3-5-7-9/h8-11H,3-7H2,1-2H3. The fourth-order valence-electron chi connectivity index (χ4n) is 1.62. The largest absolute Gasteiger partial charge is 0.356 e. The Labute approximate surface area is 85.2 Å². The number of hydrogen-bond acceptors (Lipinski definition) is 4. The lowest BCUT2D eigenvalue weighted by atomic mass is 9.98. The first-order valence-electron chi connectivity index (χ1n) is 5.24. The van der Waals surface area contributed by atoms with Crippen molar-refractivity contribution in [3.63, 3.8) is 0 Å². The molecule has 0 radical (unpaired) electrons. The van der Waals surface area contributed by atoms with Crippen LogP contribution in [0.1, 0.15) is 39.0 Å². The summed E-state index contributed by atoms with van der Waals surface area (Å²) in [6, 6.07) is 0. The van der Waals surface area contributed by atoms with Gasteiger partial charge in [-0.15, -0.1) is 0 Å². The first kappa shape index (κ1) is 11.9. The molecule has 0 amide bonds. The van der Waals surface area contributed by atoms with Crippen molar-refractivity contribution in [1.82, 2.24) is 0 Å². The van der Waals surface area contributed by atoms with Gasteiger partial charge in [0.15, 0.2) is 6.29 Å². The van der Waals surface area contributed by atoms with Gasteiger partial charge in [0.05, 0.1) is 6.10 Å². The lowest BCUT2D eigenvalue weighted by Crippen LogP contribution is -2.29. The van der Waals surface area contributed by atoms with Crippen LogP contribution in [0.4, 0.5) is 0 Å². The summed E-state index contributed by atoms with van der Waals surface area (Å²) in [5.41, 5.74) is 0. The Morgan fingerprint density at radius 3 is 2.43 bits per heavy atom. The zero-order valence-electron chi connectivity index (χ0n) is 8.94. The van der Waals surface area contributed by atoms with E-state index in [9.17, 15) is 5.11 Å². The lowest BCUT2D eigenvalue weighted by Gasteiger charge is -2.25. The number of methoxy groups -OCH3 is 1. The predicted molar refractivity (Wildman–Crippen MR) is 51.5 cm³/mol. The van der Waals surface area contributed by atoms with Crippen LogP contribution in [0.25, 0.3) is 0 Å². The third-order valence-electron chi connectivity index (χ3n) is 2.50. The van der Waals surface area contributed by atoms with E-state index in [1.54, 1.807) is 6.92 Å². The predicted octanol–water partition coefficient (Wildman–Crippen LogP) is 1.62. The van der Waals surface area contributed by atoms with E-state index in [-0.39, 0.29) is 6.10 Å². The summed E-state index contributed by atoms with van der Waals surface area (Å²) >= 11 is 0. The third kappa shape index (κ3) is 4.37. The van der Waals surface area contributed by atoms with Crippen molar-refractivity contribution in [2.24, 2.45) is 0 Å². The van der Waals surface area contributed by atoms with Crippen LogP contribution >= 0.6 is 0 Å². The Kier molecular flexibility index (Phi) is 5.40. The van der Waals surface area contributed by atoms with Crippen LogP contribution in [0.5, 0.6) is 0 Å². The SMILES string of the molecule is COC(C)OC(O)OC1CCCCC1. The topological polar surface area (TPSA) is 47.9 Å². The Morgan fingerprint density at radius 1 is 1.21 bits per heavy atom. The minimum Gasteiger partial charge on any atom is -0.356 e. The molecular weight excluding hydrogens is 184 g/mol. The van der Waals surface area contributed by atoms with Gasteiger partial charge in [-0.05, 0) is 19.8 Å². The summed E-state index contributed by atoms with van der Waals surface area (Å²) < 4.78 is 15.2. The van der Waals surface area contributed by atoms with Crippen LogP contribution in [0.15, 0.2) is 0 Å². The maximum atomic E-state index is 9.38. The summed E-state index contributed by atoms with van der Waals surface area (Å²) in [5.74, 6) is 0. The molecule has 14 heavy (non-hydrogen) atoms. The van der Waals surface area contributed by atoms with Gasteiger partial charge in [-0.25, -0.2) is 0 Å². The van der Waals surface area contributed by atoms with Crippen molar-refractivity contribution < 1.29 is 19.3 Å². The first-order valence-corrected chi connectivity index (χ1v) is 5.24. The monoisotopic (exact) mass is 204 g/mol. The minimum atomic E-state index is -1.16. The number of ether oxygens (including phenoxy) is 3. The molecule has 1 N–H and O–H groups in total. The van der Waals surface area contributed by atoms with E-state index in [4.69, 9.17) is 14.2 Å². The number of aliphatic hydroxyl groups is 1. The van der Waals surface area contributed by atoms with E-state index < -0.39 is 12.8 Å². The molecule has 0 aromatic heterocycles. The highest BCUT2D eigenvalue weighted by molar-refractivity contribution is 4.64. The zero-order chi connectivity index (χ0) is 10.4.